The lowest BCUT2D eigenvalue weighted by atomic mass is 9.75. The summed E-state index contributed by atoms with van der Waals surface area (Å²) >= 11 is 0. The fourth-order valence-electron chi connectivity index (χ4n) is 3.73. The third-order valence-electron chi connectivity index (χ3n) is 4.53. The minimum atomic E-state index is -0.880. The molecule has 1 saturated carbocycles. The van der Waals surface area contributed by atoms with Crippen molar-refractivity contribution in [2.45, 2.75) is 51.7 Å². The van der Waals surface area contributed by atoms with Crippen LogP contribution in [0.15, 0.2) is 0 Å². The maximum atomic E-state index is 10.5. The van der Waals surface area contributed by atoms with Gasteiger partial charge >= 0.3 is 5.97 Å². The largest absolute Gasteiger partial charge is 0.480 e. The number of likely N-dealkylation sites (tertiary alicyclic amines) is 1. The van der Waals surface area contributed by atoms with Crippen molar-refractivity contribution in [1.29, 1.82) is 0 Å². The van der Waals surface area contributed by atoms with Crippen molar-refractivity contribution in [3.8, 4) is 0 Å². The molecule has 1 aliphatic carbocycles. The molecular weight excluding hydrogens is 230 g/mol. The Morgan fingerprint density at radius 1 is 1.33 bits per heavy atom. The summed E-state index contributed by atoms with van der Waals surface area (Å²) in [5.74, 6) is 0.615. The summed E-state index contributed by atoms with van der Waals surface area (Å²) in [7, 11) is 0. The van der Waals surface area contributed by atoms with Crippen molar-refractivity contribution in [2.24, 2.45) is 11.8 Å². The lowest BCUT2D eigenvalue weighted by Gasteiger charge is -2.55. The molecule has 104 valence electrons. The summed E-state index contributed by atoms with van der Waals surface area (Å²) in [6.45, 7) is 8.27. The van der Waals surface area contributed by atoms with Crippen molar-refractivity contribution in [1.82, 2.24) is 4.90 Å². The molecule has 0 radical (unpaired) electrons. The Hall–Kier alpha value is -0.610. The van der Waals surface area contributed by atoms with Crippen LogP contribution in [0.1, 0.15) is 40.0 Å². The Labute approximate surface area is 109 Å². The second-order valence-electron chi connectivity index (χ2n) is 6.41. The first-order valence-electron chi connectivity index (χ1n) is 7.01. The van der Waals surface area contributed by atoms with Crippen molar-refractivity contribution >= 4 is 5.97 Å². The van der Waals surface area contributed by atoms with Crippen molar-refractivity contribution in [3.05, 3.63) is 0 Å². The van der Waals surface area contributed by atoms with Gasteiger partial charge in [-0.2, -0.15) is 0 Å². The SMILES string of the molecule is CC1CCCC(C)C1N1CC(C)(OCC(=O)O)C1. The molecule has 1 saturated heterocycles. The number of carboxylic acids is 1. The van der Waals surface area contributed by atoms with Gasteiger partial charge in [-0.3, -0.25) is 4.90 Å². The molecule has 2 aliphatic rings. The van der Waals surface area contributed by atoms with Gasteiger partial charge in [0.15, 0.2) is 0 Å². The summed E-state index contributed by atoms with van der Waals surface area (Å²) in [5.41, 5.74) is -0.255. The van der Waals surface area contributed by atoms with Gasteiger partial charge in [-0.05, 0) is 31.6 Å². The Kier molecular flexibility index (Phi) is 3.97. The van der Waals surface area contributed by atoms with Crippen LogP contribution >= 0.6 is 0 Å². The lowest BCUT2D eigenvalue weighted by Crippen LogP contribution is -2.67. The van der Waals surface area contributed by atoms with Gasteiger partial charge in [-0.15, -0.1) is 0 Å². The Morgan fingerprint density at radius 2 is 1.89 bits per heavy atom. The average Bonchev–Trinajstić information content (AvgIpc) is 2.23. The summed E-state index contributed by atoms with van der Waals surface area (Å²) in [6.07, 6.45) is 3.98. The fourth-order valence-corrected chi connectivity index (χ4v) is 3.73. The first-order valence-corrected chi connectivity index (χ1v) is 7.01. The summed E-state index contributed by atoms with van der Waals surface area (Å²) in [4.78, 5) is 13.0. The monoisotopic (exact) mass is 255 g/mol. The molecule has 2 unspecified atom stereocenters. The van der Waals surface area contributed by atoms with E-state index in [0.29, 0.717) is 6.04 Å². The maximum Gasteiger partial charge on any atom is 0.329 e. The molecule has 0 amide bonds. The topological polar surface area (TPSA) is 49.8 Å². The molecule has 0 spiro atoms. The molecule has 1 heterocycles. The normalized spacial score (nSPS) is 36.1. The van der Waals surface area contributed by atoms with E-state index in [1.54, 1.807) is 0 Å². The summed E-state index contributed by atoms with van der Waals surface area (Å²) < 4.78 is 5.48. The lowest BCUT2D eigenvalue weighted by molar-refractivity contribution is -0.176. The standard InChI is InChI=1S/C14H25NO3/c1-10-5-4-6-11(2)13(10)15-8-14(3,9-15)18-7-12(16)17/h10-11,13H,4-9H2,1-3H3,(H,16,17). The highest BCUT2D eigenvalue weighted by Crippen LogP contribution is 2.38. The summed E-state index contributed by atoms with van der Waals surface area (Å²) in [5, 5.41) is 8.66. The van der Waals surface area contributed by atoms with Gasteiger partial charge in [0.2, 0.25) is 0 Å². The van der Waals surface area contributed by atoms with Crippen LogP contribution in [0, 0.1) is 11.8 Å². The van der Waals surface area contributed by atoms with Gasteiger partial charge in [-0.25, -0.2) is 4.79 Å². The molecule has 0 aromatic carbocycles. The number of nitrogens with zero attached hydrogens (tertiary/aromatic N) is 1. The van der Waals surface area contributed by atoms with Crippen LogP contribution in [0.5, 0.6) is 0 Å². The second kappa shape index (κ2) is 5.17. The number of hydrogen-bond donors (Lipinski definition) is 1. The first-order chi connectivity index (χ1) is 8.41. The van der Waals surface area contributed by atoms with Crippen LogP contribution in [0.25, 0.3) is 0 Å². The molecule has 1 aliphatic heterocycles. The molecule has 4 nitrogen and oxygen atoms in total. The molecule has 1 N–H and O–H groups in total. The highest BCUT2D eigenvalue weighted by atomic mass is 16.5. The Morgan fingerprint density at radius 3 is 2.39 bits per heavy atom. The molecular formula is C14H25NO3. The van der Waals surface area contributed by atoms with E-state index < -0.39 is 5.97 Å². The van der Waals surface area contributed by atoms with E-state index in [1.807, 2.05) is 6.92 Å². The van der Waals surface area contributed by atoms with E-state index in [1.165, 1.54) is 19.3 Å². The number of rotatable bonds is 4. The van der Waals surface area contributed by atoms with Gasteiger partial charge in [0, 0.05) is 19.1 Å². The maximum absolute atomic E-state index is 10.5. The third kappa shape index (κ3) is 2.86. The van der Waals surface area contributed by atoms with Crippen LogP contribution < -0.4 is 0 Å². The zero-order chi connectivity index (χ0) is 13.3. The van der Waals surface area contributed by atoms with Crippen LogP contribution in [0.3, 0.4) is 0 Å². The Balaban J connectivity index is 1.85. The molecule has 0 bridgehead atoms. The zero-order valence-electron chi connectivity index (χ0n) is 11.7. The fraction of sp³-hybridized carbons (Fsp3) is 0.929. The molecule has 2 atom stereocenters. The minimum absolute atomic E-state index is 0.180. The van der Waals surface area contributed by atoms with Crippen LogP contribution in [0.2, 0.25) is 0 Å². The van der Waals surface area contributed by atoms with Crippen LogP contribution in [-0.2, 0) is 9.53 Å². The Bertz CT molecular complexity index is 302. The van der Waals surface area contributed by atoms with E-state index in [-0.39, 0.29) is 12.2 Å². The second-order valence-corrected chi connectivity index (χ2v) is 6.41. The smallest absolute Gasteiger partial charge is 0.329 e. The van der Waals surface area contributed by atoms with E-state index in [4.69, 9.17) is 9.84 Å². The van der Waals surface area contributed by atoms with Gasteiger partial charge < -0.3 is 9.84 Å². The van der Waals surface area contributed by atoms with Crippen LogP contribution in [0.4, 0.5) is 0 Å². The van der Waals surface area contributed by atoms with Crippen LogP contribution in [-0.4, -0.2) is 47.3 Å². The number of ether oxygens (including phenoxy) is 1. The molecule has 18 heavy (non-hydrogen) atoms. The molecule has 2 rings (SSSR count). The highest BCUT2D eigenvalue weighted by Gasteiger charge is 2.46. The van der Waals surface area contributed by atoms with E-state index in [0.717, 1.165) is 24.9 Å². The van der Waals surface area contributed by atoms with Crippen molar-refractivity contribution in [3.63, 3.8) is 0 Å². The van der Waals surface area contributed by atoms with E-state index >= 15 is 0 Å². The molecule has 0 aromatic heterocycles. The van der Waals surface area contributed by atoms with Gasteiger partial charge in [0.05, 0.1) is 5.60 Å². The molecule has 4 heteroatoms. The van der Waals surface area contributed by atoms with Crippen molar-refractivity contribution < 1.29 is 14.6 Å². The number of carboxylic acid groups (broad SMARTS) is 1. The predicted octanol–water partition coefficient (Wildman–Crippen LogP) is 1.99. The average molecular weight is 255 g/mol. The van der Waals surface area contributed by atoms with Crippen molar-refractivity contribution in [2.75, 3.05) is 19.7 Å². The number of carbonyl (C=O) groups is 1. The number of hydrogen-bond acceptors (Lipinski definition) is 3. The van der Waals surface area contributed by atoms with E-state index in [9.17, 15) is 4.79 Å². The predicted molar refractivity (Wildman–Crippen MR) is 69.5 cm³/mol. The first kappa shape index (κ1) is 13.8. The van der Waals surface area contributed by atoms with Gasteiger partial charge in [0.25, 0.3) is 0 Å². The molecule has 2 fully saturated rings. The zero-order valence-corrected chi connectivity index (χ0v) is 11.7. The summed E-state index contributed by atoms with van der Waals surface area (Å²) in [6, 6.07) is 0.653. The third-order valence-corrected chi connectivity index (χ3v) is 4.53. The van der Waals surface area contributed by atoms with Gasteiger partial charge in [0.1, 0.15) is 6.61 Å². The minimum Gasteiger partial charge on any atom is -0.480 e. The van der Waals surface area contributed by atoms with E-state index in [2.05, 4.69) is 18.7 Å². The highest BCUT2D eigenvalue weighted by molar-refractivity contribution is 5.68. The molecule has 0 aromatic rings. The van der Waals surface area contributed by atoms with Gasteiger partial charge in [-0.1, -0.05) is 20.3 Å². The number of aliphatic carboxylic acids is 1. The quantitative estimate of drug-likeness (QED) is 0.834.